The topological polar surface area (TPSA) is 95.6 Å². The minimum atomic E-state index is -0.342. The van der Waals surface area contributed by atoms with Crippen molar-refractivity contribution in [1.29, 1.82) is 0 Å². The van der Waals surface area contributed by atoms with Gasteiger partial charge >= 0.3 is 0 Å². The molecule has 8 heteroatoms. The molecule has 1 amide bonds. The minimum Gasteiger partial charge on any atom is -0.497 e. The maximum absolute atomic E-state index is 13.0. The molecule has 3 heterocycles. The number of carbonyl (C=O) groups is 2. The number of Topliss-reactive ketones (excluding diaryl/α,β-unsaturated/α-hetero) is 1. The van der Waals surface area contributed by atoms with Gasteiger partial charge in [-0.3, -0.25) is 19.3 Å². The summed E-state index contributed by atoms with van der Waals surface area (Å²) in [6.07, 6.45) is 5.08. The minimum absolute atomic E-state index is 0.0363. The molecule has 168 valence electrons. The van der Waals surface area contributed by atoms with Crippen LogP contribution in [0.4, 0.5) is 0 Å². The number of nitrogens with zero attached hydrogens (tertiary/aromatic N) is 3. The third-order valence-corrected chi connectivity index (χ3v) is 6.42. The summed E-state index contributed by atoms with van der Waals surface area (Å²) in [4.78, 5) is 48.6. The molecule has 0 saturated carbocycles. The van der Waals surface area contributed by atoms with E-state index in [1.165, 1.54) is 0 Å². The summed E-state index contributed by atoms with van der Waals surface area (Å²) in [7, 11) is 1.60. The average Bonchev–Trinajstić information content (AvgIpc) is 3.17. The quantitative estimate of drug-likeness (QED) is 0.698. The van der Waals surface area contributed by atoms with Crippen LogP contribution in [-0.2, 0) is 11.3 Å². The predicted molar refractivity (Wildman–Crippen MR) is 119 cm³/mol. The first kappa shape index (κ1) is 22.0. The molecular weight excluding hydrogens is 408 g/mol. The number of aryl methyl sites for hydroxylation is 1. The molecular formula is C24H28N4O4. The first-order valence-electron chi connectivity index (χ1n) is 10.8. The molecule has 1 N–H and O–H groups in total. The van der Waals surface area contributed by atoms with E-state index in [-0.39, 0.29) is 35.8 Å². The summed E-state index contributed by atoms with van der Waals surface area (Å²) in [5.41, 5.74) is 1.77. The molecule has 2 aliphatic heterocycles. The Bertz CT molecular complexity index is 1100. The van der Waals surface area contributed by atoms with E-state index in [1.54, 1.807) is 56.3 Å². The SMILES string of the molecule is COc1ccc(C(=O)C2CCN(C3C=CN(Cc4nc(C)c(C)c(=O)[nH]4)C3=O)CC2)cc1. The fourth-order valence-corrected chi connectivity index (χ4v) is 4.29. The lowest BCUT2D eigenvalue weighted by Gasteiger charge is -2.34. The van der Waals surface area contributed by atoms with Gasteiger partial charge in [-0.15, -0.1) is 0 Å². The second-order valence-corrected chi connectivity index (χ2v) is 8.38. The first-order chi connectivity index (χ1) is 15.4. The van der Waals surface area contributed by atoms with Gasteiger partial charge in [0, 0.05) is 28.9 Å². The normalized spacial score (nSPS) is 19.5. The van der Waals surface area contributed by atoms with Crippen LogP contribution >= 0.6 is 0 Å². The van der Waals surface area contributed by atoms with Gasteiger partial charge in [0.15, 0.2) is 5.78 Å². The highest BCUT2D eigenvalue weighted by Gasteiger charge is 2.35. The summed E-state index contributed by atoms with van der Waals surface area (Å²) in [6, 6.07) is 6.87. The van der Waals surface area contributed by atoms with E-state index in [1.807, 2.05) is 6.08 Å². The van der Waals surface area contributed by atoms with Gasteiger partial charge in [-0.2, -0.15) is 0 Å². The molecule has 8 nitrogen and oxygen atoms in total. The van der Waals surface area contributed by atoms with Crippen molar-refractivity contribution in [3.63, 3.8) is 0 Å². The molecule has 1 saturated heterocycles. The molecule has 0 bridgehead atoms. The molecule has 4 rings (SSSR count). The van der Waals surface area contributed by atoms with E-state index >= 15 is 0 Å². The molecule has 1 atom stereocenters. The summed E-state index contributed by atoms with van der Waals surface area (Å²) >= 11 is 0. The lowest BCUT2D eigenvalue weighted by atomic mass is 9.88. The zero-order chi connectivity index (χ0) is 22.8. The van der Waals surface area contributed by atoms with E-state index in [4.69, 9.17) is 4.74 Å². The molecule has 32 heavy (non-hydrogen) atoms. The van der Waals surface area contributed by atoms with Crippen LogP contribution in [0.5, 0.6) is 5.75 Å². The summed E-state index contributed by atoms with van der Waals surface area (Å²) in [5, 5.41) is 0. The molecule has 0 aliphatic carbocycles. The smallest absolute Gasteiger partial charge is 0.254 e. The average molecular weight is 437 g/mol. The number of amides is 1. The Hall–Kier alpha value is -3.26. The van der Waals surface area contributed by atoms with E-state index in [2.05, 4.69) is 14.9 Å². The standard InChI is InChI=1S/C24H28N4O4/c1-15-16(2)25-21(26-23(15)30)14-28-13-10-20(24(28)31)27-11-8-18(9-12-27)22(29)17-4-6-19(32-3)7-5-17/h4-7,10,13,18,20H,8-9,11-12,14H2,1-3H3,(H,25,26,30). The van der Waals surface area contributed by atoms with Crippen LogP contribution < -0.4 is 10.3 Å². The van der Waals surface area contributed by atoms with Gasteiger partial charge in [0.25, 0.3) is 5.56 Å². The number of aromatic amines is 1. The van der Waals surface area contributed by atoms with Crippen LogP contribution in [0.3, 0.4) is 0 Å². The number of piperidine rings is 1. The monoisotopic (exact) mass is 436 g/mol. The van der Waals surface area contributed by atoms with E-state index in [0.29, 0.717) is 48.6 Å². The van der Waals surface area contributed by atoms with Gasteiger partial charge in [0.1, 0.15) is 17.6 Å². The van der Waals surface area contributed by atoms with E-state index in [9.17, 15) is 14.4 Å². The van der Waals surface area contributed by atoms with Gasteiger partial charge in [0.2, 0.25) is 5.91 Å². The molecule has 2 aromatic rings. The first-order valence-corrected chi connectivity index (χ1v) is 10.8. The van der Waals surface area contributed by atoms with Crippen LogP contribution in [0.25, 0.3) is 0 Å². The van der Waals surface area contributed by atoms with Gasteiger partial charge < -0.3 is 14.6 Å². The maximum atomic E-state index is 13.0. The lowest BCUT2D eigenvalue weighted by Crippen LogP contribution is -2.47. The number of benzene rings is 1. The van der Waals surface area contributed by atoms with Crippen LogP contribution in [-0.4, -0.2) is 57.7 Å². The molecule has 1 unspecified atom stereocenters. The molecule has 2 aliphatic rings. The van der Waals surface area contributed by atoms with Gasteiger partial charge in [-0.05, 0) is 70.1 Å². The number of carbonyl (C=O) groups excluding carboxylic acids is 2. The Morgan fingerprint density at radius 1 is 1.16 bits per heavy atom. The van der Waals surface area contributed by atoms with Gasteiger partial charge in [0.05, 0.1) is 13.7 Å². The number of ketones is 1. The highest BCUT2D eigenvalue weighted by molar-refractivity contribution is 5.98. The number of hydrogen-bond donors (Lipinski definition) is 1. The Kier molecular flexibility index (Phi) is 6.23. The van der Waals surface area contributed by atoms with Crippen molar-refractivity contribution in [3.05, 3.63) is 69.5 Å². The fraction of sp³-hybridized carbons (Fsp3) is 0.417. The maximum Gasteiger partial charge on any atom is 0.254 e. The second kappa shape index (κ2) is 9.08. The second-order valence-electron chi connectivity index (χ2n) is 8.38. The number of H-pyrrole nitrogens is 1. The van der Waals surface area contributed by atoms with Crippen molar-refractivity contribution in [1.82, 2.24) is 19.8 Å². The Morgan fingerprint density at radius 3 is 2.47 bits per heavy atom. The Labute approximate surface area is 186 Å². The molecule has 0 spiro atoms. The summed E-state index contributed by atoms with van der Waals surface area (Å²) in [6.45, 7) is 5.11. The molecule has 1 aromatic carbocycles. The fourth-order valence-electron chi connectivity index (χ4n) is 4.29. The molecule has 1 fully saturated rings. The number of aromatic nitrogens is 2. The number of likely N-dealkylation sites (tertiary alicyclic amines) is 1. The van der Waals surface area contributed by atoms with E-state index < -0.39 is 0 Å². The van der Waals surface area contributed by atoms with Crippen molar-refractivity contribution in [2.75, 3.05) is 20.2 Å². The summed E-state index contributed by atoms with van der Waals surface area (Å²) in [5.74, 6) is 1.27. The molecule has 0 radical (unpaired) electrons. The van der Waals surface area contributed by atoms with Crippen LogP contribution in [0, 0.1) is 19.8 Å². The number of hydrogen-bond acceptors (Lipinski definition) is 6. The molecule has 1 aromatic heterocycles. The number of ether oxygens (including phenoxy) is 1. The largest absolute Gasteiger partial charge is 0.497 e. The summed E-state index contributed by atoms with van der Waals surface area (Å²) < 4.78 is 5.16. The van der Waals surface area contributed by atoms with Gasteiger partial charge in [-0.1, -0.05) is 0 Å². The number of nitrogens with one attached hydrogen (secondary N) is 1. The Morgan fingerprint density at radius 2 is 1.84 bits per heavy atom. The Balaban J connectivity index is 1.34. The van der Waals surface area contributed by atoms with Crippen molar-refractivity contribution >= 4 is 11.7 Å². The van der Waals surface area contributed by atoms with E-state index in [0.717, 1.165) is 5.75 Å². The van der Waals surface area contributed by atoms with Crippen LogP contribution in [0.2, 0.25) is 0 Å². The van der Waals surface area contributed by atoms with Crippen molar-refractivity contribution < 1.29 is 14.3 Å². The lowest BCUT2D eigenvalue weighted by molar-refractivity contribution is -0.132. The van der Waals surface area contributed by atoms with Crippen LogP contribution in [0.15, 0.2) is 41.3 Å². The van der Waals surface area contributed by atoms with Crippen LogP contribution in [0.1, 0.15) is 40.3 Å². The third-order valence-electron chi connectivity index (χ3n) is 6.42. The third kappa shape index (κ3) is 4.36. The zero-order valence-electron chi connectivity index (χ0n) is 18.6. The van der Waals surface area contributed by atoms with Gasteiger partial charge in [-0.25, -0.2) is 4.98 Å². The highest BCUT2D eigenvalue weighted by atomic mass is 16.5. The number of methoxy groups -OCH3 is 1. The number of rotatable bonds is 6. The van der Waals surface area contributed by atoms with Crippen molar-refractivity contribution in [2.45, 2.75) is 39.3 Å². The van der Waals surface area contributed by atoms with Crippen molar-refractivity contribution in [2.24, 2.45) is 5.92 Å². The highest BCUT2D eigenvalue weighted by Crippen LogP contribution is 2.26. The predicted octanol–water partition coefficient (Wildman–Crippen LogP) is 2.21. The zero-order valence-corrected chi connectivity index (χ0v) is 18.6. The van der Waals surface area contributed by atoms with Crippen molar-refractivity contribution in [3.8, 4) is 5.75 Å².